The summed E-state index contributed by atoms with van der Waals surface area (Å²) >= 11 is 5.76. The molecule has 2 rings (SSSR count). The van der Waals surface area contributed by atoms with Gasteiger partial charge < -0.3 is 10.6 Å². The first kappa shape index (κ1) is 17.7. The smallest absolute Gasteiger partial charge is 0.320 e. The molecule has 2 amide bonds. The van der Waals surface area contributed by atoms with Crippen LogP contribution in [-0.2, 0) is 4.79 Å². The first-order valence-corrected chi connectivity index (χ1v) is 6.80. The van der Waals surface area contributed by atoms with E-state index in [0.29, 0.717) is 0 Å². The second kappa shape index (κ2) is 6.88. The summed E-state index contributed by atoms with van der Waals surface area (Å²) in [6, 6.07) is 8.78. The van der Waals surface area contributed by atoms with Crippen LogP contribution in [0.1, 0.15) is 10.4 Å². The second-order valence-electron chi connectivity index (χ2n) is 4.55. The van der Waals surface area contributed by atoms with Gasteiger partial charge in [-0.05, 0) is 24.3 Å². The molecule has 24 heavy (non-hydrogen) atoms. The van der Waals surface area contributed by atoms with Crippen molar-refractivity contribution in [3.8, 4) is 0 Å². The van der Waals surface area contributed by atoms with Crippen molar-refractivity contribution >= 4 is 34.8 Å². The second-order valence-corrected chi connectivity index (χ2v) is 4.96. The highest BCUT2D eigenvalue weighted by Gasteiger charge is 2.39. The van der Waals surface area contributed by atoms with Crippen molar-refractivity contribution in [3.63, 3.8) is 0 Å². The first-order chi connectivity index (χ1) is 11.2. The third-order valence-corrected chi connectivity index (χ3v) is 3.19. The lowest BCUT2D eigenvalue weighted by Gasteiger charge is -2.14. The molecule has 0 aliphatic heterocycles. The molecule has 2 N–H and O–H groups in total. The molecule has 2 aromatic carbocycles. The number of hydrogen-bond donors (Lipinski definition) is 2. The molecule has 0 spiro atoms. The number of anilines is 2. The molecule has 4 nitrogen and oxygen atoms in total. The van der Waals surface area contributed by atoms with E-state index in [-0.39, 0.29) is 16.4 Å². The van der Waals surface area contributed by atoms with Crippen LogP contribution in [0.5, 0.6) is 0 Å². The normalized spacial score (nSPS) is 11.0. The molecule has 0 aliphatic carbocycles. The number of carbonyl (C=O) groups is 2. The van der Waals surface area contributed by atoms with E-state index in [2.05, 4.69) is 5.32 Å². The Morgan fingerprint density at radius 1 is 0.917 bits per heavy atom. The van der Waals surface area contributed by atoms with Crippen molar-refractivity contribution in [1.29, 1.82) is 0 Å². The molecule has 2 aromatic rings. The Kier molecular flexibility index (Phi) is 5.08. The third-order valence-electron chi connectivity index (χ3n) is 2.87. The van der Waals surface area contributed by atoms with Gasteiger partial charge in [0, 0.05) is 0 Å². The van der Waals surface area contributed by atoms with Gasteiger partial charge in [-0.1, -0.05) is 29.8 Å². The van der Waals surface area contributed by atoms with Crippen LogP contribution in [0, 0.1) is 5.82 Å². The molecule has 0 radical (unpaired) electrons. The topological polar surface area (TPSA) is 58.2 Å². The summed E-state index contributed by atoms with van der Waals surface area (Å²) < 4.78 is 50.7. The van der Waals surface area contributed by atoms with Crippen molar-refractivity contribution in [2.45, 2.75) is 6.18 Å². The predicted octanol–water partition coefficient (Wildman–Crippen LogP) is 4.23. The molecule has 0 aromatic heterocycles. The van der Waals surface area contributed by atoms with Gasteiger partial charge in [0.2, 0.25) is 0 Å². The SMILES string of the molecule is O=C(Nc1ccccc1NC(=O)C(F)(F)F)c1c(F)cccc1Cl. The fraction of sp³-hybridized carbons (Fsp3) is 0.0667. The minimum absolute atomic E-state index is 0.139. The number of benzene rings is 2. The number of para-hydroxylation sites is 2. The van der Waals surface area contributed by atoms with Crippen molar-refractivity contribution in [2.24, 2.45) is 0 Å². The molecular formula is C15H9ClF4N2O2. The van der Waals surface area contributed by atoms with Gasteiger partial charge in [-0.25, -0.2) is 4.39 Å². The van der Waals surface area contributed by atoms with E-state index in [1.54, 1.807) is 5.32 Å². The Morgan fingerprint density at radius 2 is 1.50 bits per heavy atom. The fourth-order valence-corrected chi connectivity index (χ4v) is 2.04. The molecule has 0 bridgehead atoms. The van der Waals surface area contributed by atoms with Crippen LogP contribution in [-0.4, -0.2) is 18.0 Å². The molecule has 0 aliphatic rings. The van der Waals surface area contributed by atoms with Crippen molar-refractivity contribution in [3.05, 3.63) is 58.9 Å². The van der Waals surface area contributed by atoms with Crippen LogP contribution < -0.4 is 10.6 Å². The zero-order chi connectivity index (χ0) is 17.9. The first-order valence-electron chi connectivity index (χ1n) is 6.42. The van der Waals surface area contributed by atoms with Crippen LogP contribution in [0.3, 0.4) is 0 Å². The maximum absolute atomic E-state index is 13.7. The minimum Gasteiger partial charge on any atom is -0.320 e. The van der Waals surface area contributed by atoms with Crippen molar-refractivity contribution < 1.29 is 27.2 Å². The number of rotatable bonds is 3. The number of alkyl halides is 3. The van der Waals surface area contributed by atoms with E-state index >= 15 is 0 Å². The minimum atomic E-state index is -5.09. The summed E-state index contributed by atoms with van der Waals surface area (Å²) in [7, 11) is 0. The van der Waals surface area contributed by atoms with E-state index in [0.717, 1.165) is 12.1 Å². The van der Waals surface area contributed by atoms with Crippen LogP contribution >= 0.6 is 11.6 Å². The monoisotopic (exact) mass is 360 g/mol. The van der Waals surface area contributed by atoms with Gasteiger partial charge >= 0.3 is 12.1 Å². The van der Waals surface area contributed by atoms with Crippen LogP contribution in [0.25, 0.3) is 0 Å². The zero-order valence-corrected chi connectivity index (χ0v) is 12.5. The molecule has 0 heterocycles. The lowest BCUT2D eigenvalue weighted by atomic mass is 10.2. The predicted molar refractivity (Wildman–Crippen MR) is 80.5 cm³/mol. The fourth-order valence-electron chi connectivity index (χ4n) is 1.79. The third kappa shape index (κ3) is 4.02. The molecule has 9 heteroatoms. The number of hydrogen-bond acceptors (Lipinski definition) is 2. The van der Waals surface area contributed by atoms with Crippen LogP contribution in [0.15, 0.2) is 42.5 Å². The Balaban J connectivity index is 2.28. The summed E-state index contributed by atoms with van der Waals surface area (Å²) in [5.41, 5.74) is -0.892. The quantitative estimate of drug-likeness (QED) is 0.805. The summed E-state index contributed by atoms with van der Waals surface area (Å²) in [6.45, 7) is 0. The Labute approximate surface area is 138 Å². The van der Waals surface area contributed by atoms with Gasteiger partial charge in [0.1, 0.15) is 5.82 Å². The molecule has 0 fully saturated rings. The van der Waals surface area contributed by atoms with E-state index < -0.39 is 29.4 Å². The summed E-state index contributed by atoms with van der Waals surface area (Å²) in [5, 5.41) is 3.69. The average molecular weight is 361 g/mol. The lowest BCUT2D eigenvalue weighted by Crippen LogP contribution is -2.30. The van der Waals surface area contributed by atoms with E-state index in [9.17, 15) is 27.2 Å². The number of amides is 2. The van der Waals surface area contributed by atoms with Crippen molar-refractivity contribution in [2.75, 3.05) is 10.6 Å². The van der Waals surface area contributed by atoms with E-state index in [1.807, 2.05) is 0 Å². The van der Waals surface area contributed by atoms with E-state index in [1.165, 1.54) is 30.3 Å². The van der Waals surface area contributed by atoms with Crippen LogP contribution in [0.4, 0.5) is 28.9 Å². The summed E-state index contributed by atoms with van der Waals surface area (Å²) in [4.78, 5) is 23.1. The maximum Gasteiger partial charge on any atom is 0.471 e. The Bertz CT molecular complexity index is 773. The summed E-state index contributed by atoms with van der Waals surface area (Å²) in [6.07, 6.45) is -5.09. The average Bonchev–Trinajstić information content (AvgIpc) is 2.48. The number of carbonyl (C=O) groups excluding carboxylic acids is 2. The van der Waals surface area contributed by atoms with Crippen molar-refractivity contribution in [1.82, 2.24) is 0 Å². The highest BCUT2D eigenvalue weighted by molar-refractivity contribution is 6.34. The van der Waals surface area contributed by atoms with Crippen LogP contribution in [0.2, 0.25) is 5.02 Å². The standard InChI is InChI=1S/C15H9ClF4N2O2/c16-8-4-3-5-9(17)12(8)13(23)21-10-6-1-2-7-11(10)22-14(24)15(18,19)20/h1-7H,(H,21,23)(H,22,24). The van der Waals surface area contributed by atoms with E-state index in [4.69, 9.17) is 11.6 Å². The van der Waals surface area contributed by atoms with Gasteiger partial charge in [0.25, 0.3) is 5.91 Å². The number of nitrogens with one attached hydrogen (secondary N) is 2. The van der Waals surface area contributed by atoms with Gasteiger partial charge in [-0.3, -0.25) is 9.59 Å². The van der Waals surface area contributed by atoms with Gasteiger partial charge in [0.05, 0.1) is 22.0 Å². The molecule has 126 valence electrons. The number of halogens is 5. The summed E-state index contributed by atoms with van der Waals surface area (Å²) in [5.74, 6) is -4.06. The largest absolute Gasteiger partial charge is 0.471 e. The molecule has 0 saturated carbocycles. The Morgan fingerprint density at radius 3 is 2.04 bits per heavy atom. The molecule has 0 unspecified atom stereocenters. The maximum atomic E-state index is 13.7. The Hall–Kier alpha value is -2.61. The molecule has 0 saturated heterocycles. The van der Waals surface area contributed by atoms with Gasteiger partial charge in [-0.15, -0.1) is 0 Å². The highest BCUT2D eigenvalue weighted by Crippen LogP contribution is 2.26. The highest BCUT2D eigenvalue weighted by atomic mass is 35.5. The zero-order valence-electron chi connectivity index (χ0n) is 11.7. The van der Waals surface area contributed by atoms with Gasteiger partial charge in [0.15, 0.2) is 0 Å². The van der Waals surface area contributed by atoms with Gasteiger partial charge in [-0.2, -0.15) is 13.2 Å². The molecule has 0 atom stereocenters. The lowest BCUT2D eigenvalue weighted by molar-refractivity contribution is -0.167. The molecular weight excluding hydrogens is 352 g/mol.